The molecular formula is C25H32N9O+. The number of aromatic nitrogens is 2. The first-order valence-corrected chi connectivity index (χ1v) is 11.5. The van der Waals surface area contributed by atoms with Crippen LogP contribution in [-0.4, -0.2) is 48.2 Å². The lowest BCUT2D eigenvalue weighted by molar-refractivity contribution is -0.319. The highest BCUT2D eigenvalue weighted by Gasteiger charge is 2.11. The number of hydrogen-bond donors (Lipinski definition) is 5. The fourth-order valence-electron chi connectivity index (χ4n) is 3.66. The molecule has 2 aromatic carbocycles. The second kappa shape index (κ2) is 11.3. The molecule has 10 heteroatoms. The third-order valence-corrected chi connectivity index (χ3v) is 5.72. The zero-order valence-corrected chi connectivity index (χ0v) is 20.1. The van der Waals surface area contributed by atoms with Crippen molar-refractivity contribution in [2.45, 2.75) is 20.4 Å². The van der Waals surface area contributed by atoms with Gasteiger partial charge in [-0.3, -0.25) is 5.32 Å². The Balaban J connectivity index is 1.35. The lowest BCUT2D eigenvalue weighted by atomic mass is 10.1. The number of hydrogen-bond acceptors (Lipinski definition) is 6. The highest BCUT2D eigenvalue weighted by Crippen LogP contribution is 2.19. The first-order valence-electron chi connectivity index (χ1n) is 11.5. The number of morpholine rings is 1. The van der Waals surface area contributed by atoms with E-state index in [2.05, 4.69) is 67.5 Å². The van der Waals surface area contributed by atoms with Gasteiger partial charge in [0, 0.05) is 31.4 Å². The van der Waals surface area contributed by atoms with Crippen molar-refractivity contribution in [1.82, 2.24) is 9.97 Å². The maximum absolute atomic E-state index is 6.07. The van der Waals surface area contributed by atoms with E-state index in [4.69, 9.17) is 16.2 Å². The van der Waals surface area contributed by atoms with Crippen LogP contribution in [0, 0.1) is 13.8 Å². The van der Waals surface area contributed by atoms with E-state index in [0.29, 0.717) is 18.2 Å². The third-order valence-electron chi connectivity index (χ3n) is 5.72. The SMILES string of the molecule is Cc1ccc(CNc2cc(N=C(N)[NH+]=C(N)Nc3ccc(N4CCOCC4)cc3)ncn2)cc1C. The van der Waals surface area contributed by atoms with Gasteiger partial charge in [-0.1, -0.05) is 18.2 Å². The van der Waals surface area contributed by atoms with Crippen molar-refractivity contribution < 1.29 is 9.73 Å². The smallest absolute Gasteiger partial charge is 0.317 e. The number of nitrogens with zero attached hydrogens (tertiary/aromatic N) is 4. The first-order chi connectivity index (χ1) is 17.0. The van der Waals surface area contributed by atoms with E-state index in [1.165, 1.54) is 23.0 Å². The van der Waals surface area contributed by atoms with Gasteiger partial charge in [0.2, 0.25) is 5.82 Å². The van der Waals surface area contributed by atoms with Crippen molar-refractivity contribution in [1.29, 1.82) is 0 Å². The second-order valence-corrected chi connectivity index (χ2v) is 8.34. The zero-order valence-electron chi connectivity index (χ0n) is 20.1. The summed E-state index contributed by atoms with van der Waals surface area (Å²) < 4.78 is 5.40. The Bertz CT molecular complexity index is 1200. The molecule has 3 aromatic rings. The molecule has 182 valence electrons. The molecule has 10 nitrogen and oxygen atoms in total. The molecule has 35 heavy (non-hydrogen) atoms. The van der Waals surface area contributed by atoms with Gasteiger partial charge in [0.25, 0.3) is 5.96 Å². The van der Waals surface area contributed by atoms with Crippen LogP contribution in [-0.2, 0) is 11.3 Å². The third kappa shape index (κ3) is 6.90. The van der Waals surface area contributed by atoms with Gasteiger partial charge in [0.15, 0.2) is 0 Å². The van der Waals surface area contributed by atoms with Crippen LogP contribution in [0.3, 0.4) is 0 Å². The summed E-state index contributed by atoms with van der Waals surface area (Å²) in [6.45, 7) is 8.12. The monoisotopic (exact) mass is 474 g/mol. The Labute approximate surface area is 205 Å². The molecule has 0 atom stereocenters. The quantitative estimate of drug-likeness (QED) is 0.263. The summed E-state index contributed by atoms with van der Waals surface area (Å²) in [6, 6.07) is 16.1. The number of ether oxygens (including phenoxy) is 1. The van der Waals surface area contributed by atoms with Crippen LogP contribution >= 0.6 is 0 Å². The average molecular weight is 475 g/mol. The summed E-state index contributed by atoms with van der Waals surface area (Å²) in [5.74, 6) is 1.43. The average Bonchev–Trinajstić information content (AvgIpc) is 2.86. The summed E-state index contributed by atoms with van der Waals surface area (Å²) in [6.07, 6.45) is 1.44. The van der Waals surface area contributed by atoms with E-state index in [9.17, 15) is 0 Å². The van der Waals surface area contributed by atoms with Crippen molar-refractivity contribution in [3.8, 4) is 0 Å². The number of benzene rings is 2. The summed E-state index contributed by atoms with van der Waals surface area (Å²) >= 11 is 0. The Morgan fingerprint density at radius 2 is 1.80 bits per heavy atom. The molecule has 0 spiro atoms. The molecule has 0 radical (unpaired) electrons. The van der Waals surface area contributed by atoms with E-state index >= 15 is 0 Å². The molecule has 4 rings (SSSR count). The predicted molar refractivity (Wildman–Crippen MR) is 140 cm³/mol. The number of aryl methyl sites for hydroxylation is 2. The molecule has 1 aromatic heterocycles. The van der Waals surface area contributed by atoms with E-state index < -0.39 is 0 Å². The van der Waals surface area contributed by atoms with Gasteiger partial charge in [-0.2, -0.15) is 0 Å². The molecule has 1 aliphatic heterocycles. The number of nitrogens with two attached hydrogens (primary N) is 2. The number of anilines is 3. The minimum absolute atomic E-state index is 0.110. The second-order valence-electron chi connectivity index (χ2n) is 8.34. The van der Waals surface area contributed by atoms with Crippen LogP contribution in [0.15, 0.2) is 59.9 Å². The van der Waals surface area contributed by atoms with Gasteiger partial charge in [0.05, 0.1) is 18.9 Å². The lowest BCUT2D eigenvalue weighted by Gasteiger charge is -2.28. The highest BCUT2D eigenvalue weighted by atomic mass is 16.5. The van der Waals surface area contributed by atoms with Crippen LogP contribution in [0.25, 0.3) is 0 Å². The normalized spacial score (nSPS) is 14.6. The number of rotatable bonds is 6. The Kier molecular flexibility index (Phi) is 7.74. The maximum atomic E-state index is 6.07. The van der Waals surface area contributed by atoms with Gasteiger partial charge in [-0.15, -0.1) is 4.99 Å². The van der Waals surface area contributed by atoms with E-state index in [1.54, 1.807) is 6.07 Å². The fraction of sp³-hybridized carbons (Fsp3) is 0.280. The molecule has 1 aliphatic rings. The van der Waals surface area contributed by atoms with Crippen LogP contribution in [0.1, 0.15) is 16.7 Å². The van der Waals surface area contributed by atoms with Crippen LogP contribution in [0.4, 0.5) is 23.0 Å². The number of nitrogens with one attached hydrogen (secondary N) is 3. The van der Waals surface area contributed by atoms with E-state index in [0.717, 1.165) is 37.7 Å². The molecule has 7 N–H and O–H groups in total. The highest BCUT2D eigenvalue weighted by molar-refractivity contribution is 5.91. The predicted octanol–water partition coefficient (Wildman–Crippen LogP) is 0.996. The summed E-state index contributed by atoms with van der Waals surface area (Å²) in [4.78, 5) is 17.8. The van der Waals surface area contributed by atoms with Gasteiger partial charge < -0.3 is 26.4 Å². The van der Waals surface area contributed by atoms with Crippen LogP contribution < -0.4 is 32.0 Å². The zero-order chi connectivity index (χ0) is 24.6. The topological polar surface area (TPSA) is 141 Å². The van der Waals surface area contributed by atoms with Crippen LogP contribution in [0.5, 0.6) is 0 Å². The summed E-state index contributed by atoms with van der Waals surface area (Å²) in [5, 5.41) is 6.37. The lowest BCUT2D eigenvalue weighted by Crippen LogP contribution is -2.83. The number of guanidine groups is 2. The van der Waals surface area contributed by atoms with Gasteiger partial charge in [0.1, 0.15) is 12.1 Å². The van der Waals surface area contributed by atoms with E-state index in [1.807, 2.05) is 24.3 Å². The maximum Gasteiger partial charge on any atom is 0.317 e. The molecule has 0 saturated carbocycles. The molecule has 2 heterocycles. The van der Waals surface area contributed by atoms with Crippen molar-refractivity contribution in [3.05, 3.63) is 71.5 Å². The van der Waals surface area contributed by atoms with Crippen molar-refractivity contribution in [2.24, 2.45) is 16.5 Å². The molecule has 0 unspecified atom stereocenters. The molecule has 0 bridgehead atoms. The summed E-state index contributed by atoms with van der Waals surface area (Å²) in [5.41, 5.74) is 17.8. The Hall–Kier alpha value is -4.18. The fourth-order valence-corrected chi connectivity index (χ4v) is 3.66. The molecule has 1 fully saturated rings. The largest absolute Gasteiger partial charge is 0.378 e. The Morgan fingerprint density at radius 3 is 2.54 bits per heavy atom. The minimum Gasteiger partial charge on any atom is -0.378 e. The molecule has 1 saturated heterocycles. The van der Waals surface area contributed by atoms with Gasteiger partial charge in [-0.25, -0.2) is 15.0 Å². The van der Waals surface area contributed by atoms with E-state index in [-0.39, 0.29) is 11.9 Å². The van der Waals surface area contributed by atoms with Crippen molar-refractivity contribution >= 4 is 34.9 Å². The molecular weight excluding hydrogens is 442 g/mol. The Morgan fingerprint density at radius 1 is 1.03 bits per heavy atom. The van der Waals surface area contributed by atoms with Crippen molar-refractivity contribution in [3.63, 3.8) is 0 Å². The number of aliphatic imine (C=N–C) groups is 1. The van der Waals surface area contributed by atoms with Gasteiger partial charge >= 0.3 is 5.96 Å². The first kappa shape index (κ1) is 24.0. The molecule has 0 aliphatic carbocycles. The van der Waals surface area contributed by atoms with Crippen molar-refractivity contribution in [2.75, 3.05) is 41.8 Å². The molecule has 0 amide bonds. The minimum atomic E-state index is 0.110. The standard InChI is InChI=1S/C25H31N9O/c1-17-3-4-19(13-18(17)2)15-28-22-14-23(30-16-29-22)32-25(27)33-24(26)31-20-5-7-21(8-6-20)34-9-11-35-12-10-34/h3-8,13-14,16H,9-12,15H2,1-2H3,(H6,26,27,28,29,30,31,32,33)/p+1. The van der Waals surface area contributed by atoms with Gasteiger partial charge in [-0.05, 0) is 54.8 Å². The van der Waals surface area contributed by atoms with Crippen LogP contribution in [0.2, 0.25) is 0 Å². The summed E-state index contributed by atoms with van der Waals surface area (Å²) in [7, 11) is 0.